The maximum absolute atomic E-state index is 10.3. The van der Waals surface area contributed by atoms with E-state index in [0.717, 1.165) is 5.56 Å². The van der Waals surface area contributed by atoms with Crippen LogP contribution in [0.3, 0.4) is 0 Å². The first-order valence-corrected chi connectivity index (χ1v) is 6.45. The molecular formula is C15H12ClNO3. The highest BCUT2D eigenvalue weighted by atomic mass is 35.5. The second-order valence-corrected chi connectivity index (χ2v) is 5.13. The number of rotatable bonds is 1. The lowest BCUT2D eigenvalue weighted by Crippen LogP contribution is -1.86. The van der Waals surface area contributed by atoms with Crippen LogP contribution in [0.5, 0.6) is 11.5 Å². The molecule has 0 atom stereocenters. The number of benzene rings is 2. The van der Waals surface area contributed by atoms with Gasteiger partial charge in [-0.25, -0.2) is 0 Å². The summed E-state index contributed by atoms with van der Waals surface area (Å²) in [5.41, 5.74) is 2.61. The molecule has 2 N–H and O–H groups in total. The number of aromatic hydroxyl groups is 2. The fourth-order valence-electron chi connectivity index (χ4n) is 2.19. The third-order valence-electron chi connectivity index (χ3n) is 3.53. The van der Waals surface area contributed by atoms with Crippen molar-refractivity contribution >= 4 is 22.6 Å². The third kappa shape index (κ3) is 1.72. The Labute approximate surface area is 120 Å². The van der Waals surface area contributed by atoms with Crippen LogP contribution in [0.15, 0.2) is 28.8 Å². The molecule has 102 valence electrons. The SMILES string of the molecule is Cc1c(C)c(O)c2c(-c3ccc(Cl)cc3)noc2c1O. The van der Waals surface area contributed by atoms with Crippen molar-refractivity contribution in [1.82, 2.24) is 5.16 Å². The Kier molecular flexibility index (Phi) is 2.83. The number of halogens is 1. The van der Waals surface area contributed by atoms with Gasteiger partial charge in [0.15, 0.2) is 5.75 Å². The zero-order chi connectivity index (χ0) is 14.4. The normalized spacial score (nSPS) is 11.2. The predicted molar refractivity (Wildman–Crippen MR) is 77.3 cm³/mol. The number of hydrogen-bond acceptors (Lipinski definition) is 4. The first kappa shape index (κ1) is 12.8. The molecule has 3 rings (SSSR count). The molecule has 0 aliphatic rings. The highest BCUT2D eigenvalue weighted by Gasteiger charge is 2.22. The van der Waals surface area contributed by atoms with Gasteiger partial charge in [0.1, 0.15) is 11.4 Å². The fraction of sp³-hybridized carbons (Fsp3) is 0.133. The van der Waals surface area contributed by atoms with E-state index in [4.69, 9.17) is 16.1 Å². The summed E-state index contributed by atoms with van der Waals surface area (Å²) in [4.78, 5) is 0. The maximum atomic E-state index is 10.3. The van der Waals surface area contributed by atoms with Crippen LogP contribution in [0.1, 0.15) is 11.1 Å². The molecule has 0 aliphatic heterocycles. The van der Waals surface area contributed by atoms with Crippen LogP contribution in [0.2, 0.25) is 5.02 Å². The Morgan fingerprint density at radius 3 is 2.25 bits per heavy atom. The van der Waals surface area contributed by atoms with Crippen LogP contribution in [0, 0.1) is 13.8 Å². The summed E-state index contributed by atoms with van der Waals surface area (Å²) in [5.74, 6) is 0.0736. The Hall–Kier alpha value is -2.20. The fourth-order valence-corrected chi connectivity index (χ4v) is 2.32. The van der Waals surface area contributed by atoms with Gasteiger partial charge in [0.25, 0.3) is 0 Å². The lowest BCUT2D eigenvalue weighted by atomic mass is 10.0. The highest BCUT2D eigenvalue weighted by molar-refractivity contribution is 6.30. The molecule has 0 fully saturated rings. The van der Waals surface area contributed by atoms with Crippen LogP contribution in [0.4, 0.5) is 0 Å². The number of hydrogen-bond donors (Lipinski definition) is 2. The largest absolute Gasteiger partial charge is 0.507 e. The van der Waals surface area contributed by atoms with Crippen LogP contribution in [-0.4, -0.2) is 15.4 Å². The second-order valence-electron chi connectivity index (χ2n) is 4.69. The van der Waals surface area contributed by atoms with Gasteiger partial charge in [-0.05, 0) is 31.5 Å². The lowest BCUT2D eigenvalue weighted by Gasteiger charge is -2.07. The van der Waals surface area contributed by atoms with E-state index in [1.807, 2.05) is 0 Å². The molecule has 0 aliphatic carbocycles. The van der Waals surface area contributed by atoms with Crippen molar-refractivity contribution in [3.8, 4) is 22.8 Å². The van der Waals surface area contributed by atoms with Gasteiger partial charge in [-0.2, -0.15) is 0 Å². The van der Waals surface area contributed by atoms with Gasteiger partial charge >= 0.3 is 0 Å². The molecule has 20 heavy (non-hydrogen) atoms. The number of phenols is 2. The summed E-state index contributed by atoms with van der Waals surface area (Å²) in [6.07, 6.45) is 0. The Morgan fingerprint density at radius 2 is 1.60 bits per heavy atom. The summed E-state index contributed by atoms with van der Waals surface area (Å²) < 4.78 is 5.19. The van der Waals surface area contributed by atoms with E-state index >= 15 is 0 Å². The van der Waals surface area contributed by atoms with E-state index in [1.54, 1.807) is 38.1 Å². The number of fused-ring (bicyclic) bond motifs is 1. The first-order chi connectivity index (χ1) is 9.50. The molecule has 5 heteroatoms. The molecule has 0 saturated carbocycles. The molecule has 0 unspecified atom stereocenters. The monoisotopic (exact) mass is 289 g/mol. The summed E-state index contributed by atoms with van der Waals surface area (Å²) in [5, 5.41) is 25.4. The highest BCUT2D eigenvalue weighted by Crippen LogP contribution is 2.43. The maximum Gasteiger partial charge on any atom is 0.213 e. The molecule has 1 heterocycles. The van der Waals surface area contributed by atoms with Crippen molar-refractivity contribution in [2.45, 2.75) is 13.8 Å². The molecule has 0 radical (unpaired) electrons. The van der Waals surface area contributed by atoms with E-state index in [9.17, 15) is 10.2 Å². The van der Waals surface area contributed by atoms with Crippen molar-refractivity contribution in [2.75, 3.05) is 0 Å². The van der Waals surface area contributed by atoms with Crippen molar-refractivity contribution in [3.05, 3.63) is 40.4 Å². The molecule has 0 amide bonds. The van der Waals surface area contributed by atoms with Gasteiger partial charge < -0.3 is 14.7 Å². The van der Waals surface area contributed by atoms with E-state index in [2.05, 4.69) is 5.16 Å². The quantitative estimate of drug-likeness (QED) is 0.660. The second kappa shape index (κ2) is 4.42. The van der Waals surface area contributed by atoms with E-state index < -0.39 is 0 Å². The van der Waals surface area contributed by atoms with Crippen molar-refractivity contribution in [1.29, 1.82) is 0 Å². The van der Waals surface area contributed by atoms with E-state index in [-0.39, 0.29) is 17.1 Å². The Bertz CT molecular complexity index is 806. The minimum Gasteiger partial charge on any atom is -0.507 e. The van der Waals surface area contributed by atoms with Gasteiger partial charge in [-0.1, -0.05) is 28.9 Å². The average molecular weight is 290 g/mol. The Balaban J connectivity index is 2.36. The van der Waals surface area contributed by atoms with Crippen molar-refractivity contribution in [2.24, 2.45) is 0 Å². The third-order valence-corrected chi connectivity index (χ3v) is 3.79. The average Bonchev–Trinajstić information content (AvgIpc) is 2.88. The van der Waals surface area contributed by atoms with Crippen molar-refractivity contribution < 1.29 is 14.7 Å². The molecule has 1 aromatic heterocycles. The molecule has 0 bridgehead atoms. The summed E-state index contributed by atoms with van der Waals surface area (Å²) in [7, 11) is 0. The van der Waals surface area contributed by atoms with Crippen molar-refractivity contribution in [3.63, 3.8) is 0 Å². The summed E-state index contributed by atoms with van der Waals surface area (Å²) in [6.45, 7) is 3.46. The molecule has 0 spiro atoms. The van der Waals surface area contributed by atoms with Crippen LogP contribution in [-0.2, 0) is 0 Å². The minimum absolute atomic E-state index is 0.00279. The zero-order valence-corrected chi connectivity index (χ0v) is 11.7. The zero-order valence-electron chi connectivity index (χ0n) is 10.9. The Morgan fingerprint density at radius 1 is 1.00 bits per heavy atom. The molecule has 0 saturated heterocycles. The molecule has 4 nitrogen and oxygen atoms in total. The standard InChI is InChI=1S/C15H12ClNO3/c1-7-8(2)14(19)15-11(13(7)18)12(17-20-15)9-3-5-10(16)6-4-9/h3-6,18-19H,1-2H3. The molecule has 2 aromatic carbocycles. The topological polar surface area (TPSA) is 66.5 Å². The minimum atomic E-state index is 0.00279. The number of aromatic nitrogens is 1. The van der Waals surface area contributed by atoms with Gasteiger partial charge in [-0.15, -0.1) is 0 Å². The van der Waals surface area contributed by atoms with Gasteiger partial charge in [0.05, 0.1) is 5.39 Å². The number of phenolic OH excluding ortho intramolecular Hbond substituents is 2. The summed E-state index contributed by atoms with van der Waals surface area (Å²) in [6, 6.07) is 7.03. The summed E-state index contributed by atoms with van der Waals surface area (Å²) >= 11 is 5.86. The first-order valence-electron chi connectivity index (χ1n) is 6.07. The van der Waals surface area contributed by atoms with Crippen LogP contribution >= 0.6 is 11.6 Å². The lowest BCUT2D eigenvalue weighted by molar-refractivity contribution is 0.419. The predicted octanol–water partition coefficient (Wildman–Crippen LogP) is 4.18. The van der Waals surface area contributed by atoms with E-state index in [0.29, 0.717) is 27.2 Å². The molecular weight excluding hydrogens is 278 g/mol. The molecule has 3 aromatic rings. The van der Waals surface area contributed by atoms with Gasteiger partial charge in [0, 0.05) is 16.1 Å². The van der Waals surface area contributed by atoms with E-state index in [1.165, 1.54) is 0 Å². The van der Waals surface area contributed by atoms with Crippen LogP contribution < -0.4 is 0 Å². The van der Waals surface area contributed by atoms with Gasteiger partial charge in [-0.3, -0.25) is 0 Å². The van der Waals surface area contributed by atoms with Gasteiger partial charge in [0.2, 0.25) is 5.58 Å². The smallest absolute Gasteiger partial charge is 0.213 e. The number of nitrogens with zero attached hydrogens (tertiary/aromatic N) is 1. The van der Waals surface area contributed by atoms with Crippen LogP contribution in [0.25, 0.3) is 22.2 Å².